The number of halogens is 1. The lowest BCUT2D eigenvalue weighted by Crippen LogP contribution is -2.08. The molecule has 0 unspecified atom stereocenters. The number of carbonyl (C=O) groups excluding carboxylic acids is 1. The number of hydrogen-bond acceptors (Lipinski definition) is 3. The molecule has 0 bridgehead atoms. The molecule has 110 valence electrons. The molecule has 0 saturated heterocycles. The first-order valence-electron chi connectivity index (χ1n) is 6.55. The number of phenols is 1. The van der Waals surface area contributed by atoms with Gasteiger partial charge in [-0.25, -0.2) is 4.39 Å². The predicted molar refractivity (Wildman–Crippen MR) is 80.9 cm³/mol. The van der Waals surface area contributed by atoms with E-state index in [2.05, 4.69) is 10.6 Å². The van der Waals surface area contributed by atoms with Crippen LogP contribution in [0.15, 0.2) is 36.4 Å². The third-order valence-electron chi connectivity index (χ3n) is 3.00. The highest BCUT2D eigenvalue weighted by molar-refractivity contribution is 5.89. The van der Waals surface area contributed by atoms with Crippen LogP contribution in [0.3, 0.4) is 0 Å². The molecular formula is C16H17FN2O2. The summed E-state index contributed by atoms with van der Waals surface area (Å²) in [5, 5.41) is 15.3. The summed E-state index contributed by atoms with van der Waals surface area (Å²) in [6, 6.07) is 9.72. The van der Waals surface area contributed by atoms with Gasteiger partial charge in [0.25, 0.3) is 0 Å². The van der Waals surface area contributed by atoms with Crippen molar-refractivity contribution in [2.45, 2.75) is 20.4 Å². The van der Waals surface area contributed by atoms with Gasteiger partial charge in [0.1, 0.15) is 11.6 Å². The van der Waals surface area contributed by atoms with Crippen molar-refractivity contribution in [3.63, 3.8) is 0 Å². The highest BCUT2D eigenvalue weighted by Gasteiger charge is 2.06. The second-order valence-corrected chi connectivity index (χ2v) is 4.86. The zero-order valence-electron chi connectivity index (χ0n) is 11.9. The van der Waals surface area contributed by atoms with Crippen molar-refractivity contribution < 1.29 is 14.3 Å². The topological polar surface area (TPSA) is 61.4 Å². The van der Waals surface area contributed by atoms with Crippen LogP contribution in [0, 0.1) is 12.7 Å². The lowest BCUT2D eigenvalue weighted by molar-refractivity contribution is -0.114. The highest BCUT2D eigenvalue weighted by atomic mass is 19.1. The summed E-state index contributed by atoms with van der Waals surface area (Å²) < 4.78 is 13.5. The Morgan fingerprint density at radius 1 is 1.24 bits per heavy atom. The minimum atomic E-state index is -0.492. The molecule has 2 aromatic rings. The fourth-order valence-electron chi connectivity index (χ4n) is 1.97. The van der Waals surface area contributed by atoms with Crippen LogP contribution in [0.4, 0.5) is 15.8 Å². The number of amides is 1. The average Bonchev–Trinajstić information content (AvgIpc) is 2.42. The number of phenolic OH excluding ortho intramolecular Hbond substituents is 1. The molecule has 0 saturated carbocycles. The Bertz CT molecular complexity index is 671. The van der Waals surface area contributed by atoms with Crippen molar-refractivity contribution in [2.24, 2.45) is 0 Å². The molecule has 5 heteroatoms. The summed E-state index contributed by atoms with van der Waals surface area (Å²) in [6.45, 7) is 3.67. The molecule has 0 heterocycles. The zero-order chi connectivity index (χ0) is 15.4. The number of hydrogen-bond donors (Lipinski definition) is 3. The fraction of sp³-hybridized carbons (Fsp3) is 0.188. The van der Waals surface area contributed by atoms with Gasteiger partial charge < -0.3 is 15.7 Å². The number of aromatic hydroxyl groups is 1. The van der Waals surface area contributed by atoms with Crippen LogP contribution in [-0.4, -0.2) is 11.0 Å². The van der Waals surface area contributed by atoms with Gasteiger partial charge in [0.15, 0.2) is 0 Å². The Balaban J connectivity index is 2.13. The van der Waals surface area contributed by atoms with E-state index in [1.54, 1.807) is 12.1 Å². The molecule has 1 amide bonds. The second kappa shape index (κ2) is 6.26. The van der Waals surface area contributed by atoms with Gasteiger partial charge in [-0.2, -0.15) is 0 Å². The molecule has 0 atom stereocenters. The molecule has 0 fully saturated rings. The Labute approximate surface area is 122 Å². The molecule has 4 nitrogen and oxygen atoms in total. The number of aryl methyl sites for hydroxylation is 1. The van der Waals surface area contributed by atoms with Crippen LogP contribution < -0.4 is 10.6 Å². The van der Waals surface area contributed by atoms with Crippen molar-refractivity contribution in [3.8, 4) is 5.75 Å². The smallest absolute Gasteiger partial charge is 0.221 e. The summed E-state index contributed by atoms with van der Waals surface area (Å²) in [7, 11) is 0. The minimum Gasteiger partial charge on any atom is -0.508 e. The Morgan fingerprint density at radius 2 is 2.00 bits per heavy atom. The lowest BCUT2D eigenvalue weighted by atomic mass is 10.1. The van der Waals surface area contributed by atoms with E-state index in [4.69, 9.17) is 0 Å². The molecule has 0 aliphatic rings. The third-order valence-corrected chi connectivity index (χ3v) is 3.00. The largest absolute Gasteiger partial charge is 0.508 e. The van der Waals surface area contributed by atoms with Crippen LogP contribution in [-0.2, 0) is 11.3 Å². The minimum absolute atomic E-state index is 0.126. The third kappa shape index (κ3) is 3.95. The maximum atomic E-state index is 13.5. The van der Waals surface area contributed by atoms with Crippen LogP contribution >= 0.6 is 0 Å². The van der Waals surface area contributed by atoms with E-state index in [-0.39, 0.29) is 17.3 Å². The van der Waals surface area contributed by atoms with Crippen molar-refractivity contribution in [1.29, 1.82) is 0 Å². The second-order valence-electron chi connectivity index (χ2n) is 4.86. The van der Waals surface area contributed by atoms with Gasteiger partial charge in [-0.05, 0) is 31.2 Å². The van der Waals surface area contributed by atoms with Crippen LogP contribution in [0.2, 0.25) is 0 Å². The van der Waals surface area contributed by atoms with E-state index in [0.29, 0.717) is 12.2 Å². The first-order chi connectivity index (χ1) is 9.95. The predicted octanol–water partition coefficient (Wildman–Crippen LogP) is 3.41. The van der Waals surface area contributed by atoms with E-state index in [1.807, 2.05) is 19.1 Å². The molecule has 21 heavy (non-hydrogen) atoms. The van der Waals surface area contributed by atoms with Crippen LogP contribution in [0.25, 0.3) is 0 Å². The summed E-state index contributed by atoms with van der Waals surface area (Å²) in [6.07, 6.45) is 0. The molecule has 2 rings (SSSR count). The first kappa shape index (κ1) is 14.8. The van der Waals surface area contributed by atoms with E-state index in [9.17, 15) is 14.3 Å². The van der Waals surface area contributed by atoms with Crippen LogP contribution in [0.1, 0.15) is 18.1 Å². The molecule has 0 aliphatic heterocycles. The van der Waals surface area contributed by atoms with E-state index in [0.717, 1.165) is 11.1 Å². The summed E-state index contributed by atoms with van der Waals surface area (Å²) in [5.74, 6) is -0.617. The molecule has 0 spiro atoms. The van der Waals surface area contributed by atoms with Crippen molar-refractivity contribution in [2.75, 3.05) is 10.6 Å². The number of nitrogens with one attached hydrogen (secondary N) is 2. The zero-order valence-corrected chi connectivity index (χ0v) is 11.9. The fourth-order valence-corrected chi connectivity index (χ4v) is 1.97. The van der Waals surface area contributed by atoms with Gasteiger partial charge >= 0.3 is 0 Å². The number of benzene rings is 2. The van der Waals surface area contributed by atoms with Gasteiger partial charge in [0.05, 0.1) is 5.69 Å². The number of carbonyl (C=O) groups is 1. The Hall–Kier alpha value is -2.56. The number of anilines is 2. The summed E-state index contributed by atoms with van der Waals surface area (Å²) in [5.41, 5.74) is 2.57. The first-order valence-corrected chi connectivity index (χ1v) is 6.55. The van der Waals surface area contributed by atoms with E-state index in [1.165, 1.54) is 19.1 Å². The highest BCUT2D eigenvalue weighted by Crippen LogP contribution is 2.22. The molecule has 0 aromatic heterocycles. The standard InChI is InChI=1S/C16H17FN2O2/c1-10-3-6-16(21)12(7-10)9-18-13-4-5-14(17)15(8-13)19-11(2)20/h3-8,18,21H,9H2,1-2H3,(H,19,20). The maximum absolute atomic E-state index is 13.5. The lowest BCUT2D eigenvalue weighted by Gasteiger charge is -2.11. The molecule has 2 aromatic carbocycles. The maximum Gasteiger partial charge on any atom is 0.221 e. The van der Waals surface area contributed by atoms with E-state index < -0.39 is 5.82 Å². The van der Waals surface area contributed by atoms with Crippen LogP contribution in [0.5, 0.6) is 5.75 Å². The van der Waals surface area contributed by atoms with Gasteiger partial charge in [0, 0.05) is 24.7 Å². The van der Waals surface area contributed by atoms with Gasteiger partial charge in [0.2, 0.25) is 5.91 Å². The van der Waals surface area contributed by atoms with E-state index >= 15 is 0 Å². The molecule has 0 aliphatic carbocycles. The molecular weight excluding hydrogens is 271 g/mol. The van der Waals surface area contributed by atoms with Gasteiger partial charge in [-0.3, -0.25) is 4.79 Å². The number of rotatable bonds is 4. The summed E-state index contributed by atoms with van der Waals surface area (Å²) >= 11 is 0. The van der Waals surface area contributed by atoms with Gasteiger partial charge in [-0.15, -0.1) is 0 Å². The van der Waals surface area contributed by atoms with Crippen molar-refractivity contribution >= 4 is 17.3 Å². The van der Waals surface area contributed by atoms with Crippen molar-refractivity contribution in [3.05, 3.63) is 53.3 Å². The molecule has 3 N–H and O–H groups in total. The quantitative estimate of drug-likeness (QED) is 0.808. The van der Waals surface area contributed by atoms with Crippen molar-refractivity contribution in [1.82, 2.24) is 0 Å². The Morgan fingerprint density at radius 3 is 2.71 bits per heavy atom. The average molecular weight is 288 g/mol. The monoisotopic (exact) mass is 288 g/mol. The Kier molecular flexibility index (Phi) is 4.42. The SMILES string of the molecule is CC(=O)Nc1cc(NCc2cc(C)ccc2O)ccc1F. The van der Waals surface area contributed by atoms with Gasteiger partial charge in [-0.1, -0.05) is 17.7 Å². The molecule has 0 radical (unpaired) electrons. The summed E-state index contributed by atoms with van der Waals surface area (Å²) in [4.78, 5) is 11.0. The normalized spacial score (nSPS) is 10.2.